The maximum absolute atomic E-state index is 11.2. The molecule has 8 nitrogen and oxygen atoms in total. The first kappa shape index (κ1) is 19.3. The molecule has 0 amide bonds. The number of esters is 1. The van der Waals surface area contributed by atoms with E-state index in [0.717, 1.165) is 32.7 Å². The molecule has 0 aromatic rings. The van der Waals surface area contributed by atoms with Gasteiger partial charge in [0.15, 0.2) is 0 Å². The molecule has 130 valence electrons. The highest BCUT2D eigenvalue weighted by molar-refractivity contribution is 7.83. The van der Waals surface area contributed by atoms with Gasteiger partial charge in [0.1, 0.15) is 13.2 Å². The van der Waals surface area contributed by atoms with Crippen molar-refractivity contribution in [2.45, 2.75) is 20.3 Å². The lowest BCUT2D eigenvalue weighted by atomic mass is 10.1. The molecule has 0 aromatic heterocycles. The van der Waals surface area contributed by atoms with Gasteiger partial charge in [-0.3, -0.25) is 14.2 Å². The van der Waals surface area contributed by atoms with Crippen LogP contribution in [0.5, 0.6) is 0 Å². The molecular formula is C13H27N3O5S. The quantitative estimate of drug-likeness (QED) is 0.436. The fraction of sp³-hybridized carbons (Fsp3) is 0.923. The number of carbonyl (C=O) groups is 1. The fourth-order valence-corrected chi connectivity index (χ4v) is 2.47. The van der Waals surface area contributed by atoms with Crippen LogP contribution in [0.2, 0.25) is 0 Å². The van der Waals surface area contributed by atoms with Gasteiger partial charge >= 0.3 is 16.3 Å². The minimum atomic E-state index is -4.35. The Kier molecular flexibility index (Phi) is 8.26. The minimum Gasteiger partial charge on any atom is -0.463 e. The lowest BCUT2D eigenvalue weighted by Gasteiger charge is -2.34. The molecule has 1 saturated heterocycles. The highest BCUT2D eigenvalue weighted by Crippen LogP contribution is 2.06. The molecule has 0 unspecified atom stereocenters. The number of hydrogen-bond donors (Lipinski definition) is 2. The molecule has 0 aliphatic carbocycles. The summed E-state index contributed by atoms with van der Waals surface area (Å²) in [5, 5.41) is 0. The first-order valence-corrected chi connectivity index (χ1v) is 9.02. The van der Waals surface area contributed by atoms with Gasteiger partial charge in [0.25, 0.3) is 0 Å². The summed E-state index contributed by atoms with van der Waals surface area (Å²) in [6.07, 6.45) is 1.21. The monoisotopic (exact) mass is 337 g/mol. The van der Waals surface area contributed by atoms with Crippen LogP contribution in [0.25, 0.3) is 0 Å². The lowest BCUT2D eigenvalue weighted by molar-refractivity contribution is -0.142. The summed E-state index contributed by atoms with van der Waals surface area (Å²) in [4.78, 5) is 15.9. The Morgan fingerprint density at radius 3 is 2.23 bits per heavy atom. The van der Waals surface area contributed by atoms with Crippen molar-refractivity contribution in [2.24, 2.45) is 5.92 Å². The first-order chi connectivity index (χ1) is 10.3. The molecule has 1 heterocycles. The Hall–Kier alpha value is -0.740. The summed E-state index contributed by atoms with van der Waals surface area (Å²) in [5.41, 5.74) is 0. The molecule has 9 heteroatoms. The van der Waals surface area contributed by atoms with E-state index in [1.165, 1.54) is 6.42 Å². The molecule has 0 saturated carbocycles. The molecule has 1 rings (SSSR count). The van der Waals surface area contributed by atoms with Crippen molar-refractivity contribution in [1.29, 1.82) is 0 Å². The Morgan fingerprint density at radius 1 is 1.18 bits per heavy atom. The van der Waals surface area contributed by atoms with Crippen LogP contribution < -0.4 is 4.72 Å². The van der Waals surface area contributed by atoms with Crippen molar-refractivity contribution in [3.63, 3.8) is 0 Å². The van der Waals surface area contributed by atoms with Crippen LogP contribution in [-0.4, -0.2) is 81.2 Å². The van der Waals surface area contributed by atoms with E-state index in [4.69, 9.17) is 9.29 Å². The van der Waals surface area contributed by atoms with Crippen molar-refractivity contribution in [3.8, 4) is 0 Å². The minimum absolute atomic E-state index is 0.220. The molecule has 0 spiro atoms. The van der Waals surface area contributed by atoms with E-state index in [1.54, 1.807) is 4.72 Å². The summed E-state index contributed by atoms with van der Waals surface area (Å²) >= 11 is 0. The number of piperazine rings is 1. The van der Waals surface area contributed by atoms with E-state index in [1.807, 2.05) is 0 Å². The van der Waals surface area contributed by atoms with E-state index in [0.29, 0.717) is 12.5 Å². The van der Waals surface area contributed by atoms with Crippen LogP contribution in [0.1, 0.15) is 20.3 Å². The van der Waals surface area contributed by atoms with Crippen molar-refractivity contribution in [1.82, 2.24) is 14.5 Å². The predicted octanol–water partition coefficient (Wildman–Crippen LogP) is -0.414. The van der Waals surface area contributed by atoms with E-state index in [-0.39, 0.29) is 6.61 Å². The van der Waals surface area contributed by atoms with Gasteiger partial charge < -0.3 is 9.64 Å². The number of carbonyl (C=O) groups excluding carboxylic acids is 1. The van der Waals surface area contributed by atoms with Crippen LogP contribution >= 0.6 is 0 Å². The summed E-state index contributed by atoms with van der Waals surface area (Å²) in [7, 11) is -4.35. The lowest BCUT2D eigenvalue weighted by Crippen LogP contribution is -2.47. The zero-order valence-corrected chi connectivity index (χ0v) is 14.1. The number of rotatable bonds is 9. The van der Waals surface area contributed by atoms with Crippen molar-refractivity contribution in [2.75, 3.05) is 52.4 Å². The van der Waals surface area contributed by atoms with Crippen LogP contribution in [0.3, 0.4) is 0 Å². The molecular weight excluding hydrogens is 310 g/mol. The van der Waals surface area contributed by atoms with Gasteiger partial charge in [-0.2, -0.15) is 13.1 Å². The summed E-state index contributed by atoms with van der Waals surface area (Å²) < 4.78 is 35.8. The number of nitrogens with zero attached hydrogens (tertiary/aromatic N) is 2. The molecule has 0 radical (unpaired) electrons. The van der Waals surface area contributed by atoms with Gasteiger partial charge in [-0.05, 0) is 18.9 Å². The van der Waals surface area contributed by atoms with Gasteiger partial charge in [-0.15, -0.1) is 0 Å². The topological polar surface area (TPSA) is 99.2 Å². The molecule has 1 fully saturated rings. The van der Waals surface area contributed by atoms with E-state index >= 15 is 0 Å². The molecule has 0 aromatic carbocycles. The van der Waals surface area contributed by atoms with Crippen LogP contribution in [0, 0.1) is 5.92 Å². The third kappa shape index (κ3) is 9.31. The maximum Gasteiger partial charge on any atom is 0.333 e. The SMILES string of the molecule is CC(C)CCN1CCN(CCOC(=O)CNS(=O)(=O)O)CC1. The number of ether oxygens (including phenoxy) is 1. The van der Waals surface area contributed by atoms with Gasteiger partial charge in [-0.1, -0.05) is 13.8 Å². The largest absolute Gasteiger partial charge is 0.463 e. The second-order valence-corrected chi connectivity index (χ2v) is 7.12. The average Bonchev–Trinajstić information content (AvgIpc) is 2.43. The normalized spacial score (nSPS) is 17.8. The molecule has 0 bridgehead atoms. The summed E-state index contributed by atoms with van der Waals surface area (Å²) in [5.74, 6) is 0.0157. The molecule has 0 atom stereocenters. The van der Waals surface area contributed by atoms with Gasteiger partial charge in [0, 0.05) is 32.7 Å². The fourth-order valence-electron chi connectivity index (χ4n) is 2.17. The van der Waals surface area contributed by atoms with Crippen molar-refractivity contribution in [3.05, 3.63) is 0 Å². The maximum atomic E-state index is 11.2. The highest BCUT2D eigenvalue weighted by Gasteiger charge is 2.17. The van der Waals surface area contributed by atoms with Gasteiger partial charge in [0.2, 0.25) is 0 Å². The van der Waals surface area contributed by atoms with E-state index in [9.17, 15) is 13.2 Å². The van der Waals surface area contributed by atoms with Gasteiger partial charge in [-0.25, -0.2) is 0 Å². The molecule has 2 N–H and O–H groups in total. The Morgan fingerprint density at radius 2 is 1.73 bits per heavy atom. The third-order valence-electron chi connectivity index (χ3n) is 3.56. The Bertz CT molecular complexity index is 433. The van der Waals surface area contributed by atoms with Gasteiger partial charge in [0.05, 0.1) is 0 Å². The molecule has 1 aliphatic heterocycles. The van der Waals surface area contributed by atoms with Crippen LogP contribution in [-0.2, 0) is 19.8 Å². The zero-order chi connectivity index (χ0) is 16.6. The van der Waals surface area contributed by atoms with Crippen LogP contribution in [0.15, 0.2) is 0 Å². The highest BCUT2D eigenvalue weighted by atomic mass is 32.2. The first-order valence-electron chi connectivity index (χ1n) is 7.58. The molecule has 22 heavy (non-hydrogen) atoms. The van der Waals surface area contributed by atoms with E-state index < -0.39 is 22.8 Å². The second kappa shape index (κ2) is 9.41. The summed E-state index contributed by atoms with van der Waals surface area (Å²) in [6.45, 7) is 9.80. The number of hydrogen-bond acceptors (Lipinski definition) is 6. The Labute approximate surface area is 132 Å². The number of nitrogens with one attached hydrogen (secondary N) is 1. The van der Waals surface area contributed by atoms with E-state index in [2.05, 4.69) is 23.6 Å². The van der Waals surface area contributed by atoms with Crippen LogP contribution in [0.4, 0.5) is 0 Å². The second-order valence-electron chi connectivity index (χ2n) is 5.88. The third-order valence-corrected chi connectivity index (χ3v) is 4.07. The standard InChI is InChI=1S/C13H27N3O5S/c1-12(2)3-4-15-5-7-16(8-6-15)9-10-21-13(17)11-14-22(18,19)20/h12,14H,3-11H2,1-2H3,(H,18,19,20). The predicted molar refractivity (Wildman–Crippen MR) is 82.8 cm³/mol. The zero-order valence-electron chi connectivity index (χ0n) is 13.3. The summed E-state index contributed by atoms with van der Waals surface area (Å²) in [6, 6.07) is 0. The smallest absolute Gasteiger partial charge is 0.333 e. The Balaban J connectivity index is 2.08. The molecule has 1 aliphatic rings. The average molecular weight is 337 g/mol. The van der Waals surface area contributed by atoms with Crippen molar-refractivity contribution >= 4 is 16.3 Å². The van der Waals surface area contributed by atoms with Crippen molar-refractivity contribution < 1.29 is 22.5 Å².